The minimum absolute atomic E-state index is 0.0579. The molecule has 4 heterocycles. The van der Waals surface area contributed by atoms with Crippen LogP contribution in [0.5, 0.6) is 17.2 Å². The van der Waals surface area contributed by atoms with Gasteiger partial charge in [0.2, 0.25) is 0 Å². The SMILES string of the molecule is CCOc1ccn(-c2ccc(F)cc2)c(=O)c1C(=O)Nc1ccc(Oc2ccnc3cc(-c4ccc(CN(C)CCOC)cn4)sc23)c(F)c1. The lowest BCUT2D eigenvalue weighted by Crippen LogP contribution is -2.29. The van der Waals surface area contributed by atoms with E-state index in [0.717, 1.165) is 40.0 Å². The van der Waals surface area contributed by atoms with Crippen LogP contribution in [-0.2, 0) is 11.3 Å². The van der Waals surface area contributed by atoms with E-state index in [1.807, 2.05) is 31.4 Å². The molecule has 0 aliphatic heterocycles. The van der Waals surface area contributed by atoms with Crippen LogP contribution in [-0.4, -0.2) is 59.3 Å². The standard InChI is InChI=1S/C37H33F2N5O5S/c1-4-48-31-14-16-44(26-9-6-24(38)7-10-26)37(46)34(31)36(45)42-25-8-12-30(27(39)19-25)49-32-13-15-40-29-20-33(50-35(29)32)28-11-5-23(21-41-28)22-43(2)17-18-47-3/h5-16,19-21H,4,17-18,22H2,1-3H3,(H,42,45). The van der Waals surface area contributed by atoms with Gasteiger partial charge >= 0.3 is 0 Å². The lowest BCUT2D eigenvalue weighted by molar-refractivity contribution is 0.102. The highest BCUT2D eigenvalue weighted by atomic mass is 32.1. The van der Waals surface area contributed by atoms with E-state index < -0.39 is 23.1 Å². The molecule has 6 aromatic rings. The number of anilines is 1. The Bertz CT molecular complexity index is 2190. The van der Waals surface area contributed by atoms with E-state index in [2.05, 4.69) is 20.2 Å². The number of hydrogen-bond acceptors (Lipinski definition) is 9. The lowest BCUT2D eigenvalue weighted by atomic mass is 10.2. The second-order valence-electron chi connectivity index (χ2n) is 11.3. The molecule has 1 amide bonds. The lowest BCUT2D eigenvalue weighted by Gasteiger charge is -2.15. The molecule has 0 radical (unpaired) electrons. The number of ether oxygens (including phenoxy) is 3. The van der Waals surface area contributed by atoms with Gasteiger partial charge in [-0.05, 0) is 74.1 Å². The Morgan fingerprint density at radius 2 is 1.80 bits per heavy atom. The minimum atomic E-state index is -0.801. The zero-order valence-corrected chi connectivity index (χ0v) is 28.3. The predicted octanol–water partition coefficient (Wildman–Crippen LogP) is 7.31. The third-order valence-electron chi connectivity index (χ3n) is 7.68. The molecule has 0 unspecified atom stereocenters. The quantitative estimate of drug-likeness (QED) is 0.134. The number of halogens is 2. The topological polar surface area (TPSA) is 108 Å². The molecule has 0 atom stereocenters. The molecular formula is C37H33F2N5O5S. The third kappa shape index (κ3) is 7.70. The first-order valence-corrected chi connectivity index (χ1v) is 16.5. The summed E-state index contributed by atoms with van der Waals surface area (Å²) in [7, 11) is 3.71. The number of hydrogen-bond donors (Lipinski definition) is 1. The summed E-state index contributed by atoms with van der Waals surface area (Å²) >= 11 is 1.43. The Kier molecular flexibility index (Phi) is 10.6. The number of likely N-dealkylation sites (N-methyl/N-ethyl adjacent to an activating group) is 1. The molecule has 1 N–H and O–H groups in total. The van der Waals surface area contributed by atoms with Gasteiger partial charge in [0.25, 0.3) is 11.5 Å². The van der Waals surface area contributed by atoms with Crippen molar-refractivity contribution < 1.29 is 27.8 Å². The Morgan fingerprint density at radius 3 is 2.52 bits per heavy atom. The van der Waals surface area contributed by atoms with Crippen LogP contribution in [0.4, 0.5) is 14.5 Å². The maximum absolute atomic E-state index is 15.4. The largest absolute Gasteiger partial charge is 0.493 e. The van der Waals surface area contributed by atoms with Crippen molar-refractivity contribution in [2.24, 2.45) is 0 Å². The second kappa shape index (κ2) is 15.4. The zero-order chi connectivity index (χ0) is 35.2. The van der Waals surface area contributed by atoms with Gasteiger partial charge in [0.15, 0.2) is 11.6 Å². The summed E-state index contributed by atoms with van der Waals surface area (Å²) in [6.07, 6.45) is 4.87. The van der Waals surface area contributed by atoms with Gasteiger partial charge in [-0.2, -0.15) is 0 Å². The van der Waals surface area contributed by atoms with E-state index in [1.165, 1.54) is 64.6 Å². The number of fused-ring (bicyclic) bond motifs is 1. The van der Waals surface area contributed by atoms with Gasteiger partial charge in [-0.3, -0.25) is 29.0 Å². The molecule has 4 aromatic heterocycles. The van der Waals surface area contributed by atoms with Gasteiger partial charge in [0.05, 0.1) is 34.0 Å². The van der Waals surface area contributed by atoms with Gasteiger partial charge in [0, 0.05) is 62.3 Å². The molecule has 0 spiro atoms. The first-order chi connectivity index (χ1) is 24.2. The molecule has 6 rings (SSSR count). The Labute approximate surface area is 290 Å². The minimum Gasteiger partial charge on any atom is -0.493 e. The maximum Gasteiger partial charge on any atom is 0.271 e. The molecule has 0 bridgehead atoms. The van der Waals surface area contributed by atoms with E-state index >= 15 is 4.39 Å². The van der Waals surface area contributed by atoms with Crippen molar-refractivity contribution in [1.82, 2.24) is 19.4 Å². The molecule has 0 fully saturated rings. The van der Waals surface area contributed by atoms with Gasteiger partial charge in [0.1, 0.15) is 22.9 Å². The highest BCUT2D eigenvalue weighted by molar-refractivity contribution is 7.22. The first kappa shape index (κ1) is 34.4. The van der Waals surface area contributed by atoms with Crippen LogP contribution in [0.1, 0.15) is 22.8 Å². The van der Waals surface area contributed by atoms with E-state index in [-0.39, 0.29) is 29.4 Å². The number of methoxy groups -OCH3 is 1. The number of nitrogens with zero attached hydrogens (tertiary/aromatic N) is 4. The zero-order valence-electron chi connectivity index (χ0n) is 27.5. The molecular weight excluding hydrogens is 665 g/mol. The average Bonchev–Trinajstić information content (AvgIpc) is 3.55. The van der Waals surface area contributed by atoms with E-state index in [4.69, 9.17) is 14.2 Å². The number of rotatable bonds is 13. The van der Waals surface area contributed by atoms with Crippen LogP contribution < -0.4 is 20.3 Å². The fraction of sp³-hybridized carbons (Fsp3) is 0.189. The number of amides is 1. The van der Waals surface area contributed by atoms with Crippen molar-refractivity contribution in [2.45, 2.75) is 13.5 Å². The molecule has 50 heavy (non-hydrogen) atoms. The Hall–Kier alpha value is -5.50. The van der Waals surface area contributed by atoms with Crippen molar-refractivity contribution in [2.75, 3.05) is 39.2 Å². The fourth-order valence-corrected chi connectivity index (χ4v) is 6.25. The molecule has 256 valence electrons. The summed E-state index contributed by atoms with van der Waals surface area (Å²) in [5.74, 6) is -1.61. The number of carbonyl (C=O) groups excluding carboxylic acids is 1. The van der Waals surface area contributed by atoms with E-state index in [1.54, 1.807) is 26.3 Å². The van der Waals surface area contributed by atoms with Crippen molar-refractivity contribution in [1.29, 1.82) is 0 Å². The molecule has 0 aliphatic carbocycles. The molecule has 0 aliphatic rings. The maximum atomic E-state index is 15.4. The predicted molar refractivity (Wildman–Crippen MR) is 189 cm³/mol. The number of nitrogens with one attached hydrogen (secondary N) is 1. The number of carbonyl (C=O) groups is 1. The summed E-state index contributed by atoms with van der Waals surface area (Å²) < 4.78 is 47.5. The third-order valence-corrected chi connectivity index (χ3v) is 8.84. The molecule has 2 aromatic carbocycles. The summed E-state index contributed by atoms with van der Waals surface area (Å²) in [6.45, 7) is 4.13. The van der Waals surface area contributed by atoms with Gasteiger partial charge in [-0.1, -0.05) is 6.07 Å². The number of aromatic nitrogens is 3. The molecule has 0 saturated heterocycles. The Balaban J connectivity index is 1.19. The fourth-order valence-electron chi connectivity index (χ4n) is 5.21. The van der Waals surface area contributed by atoms with Crippen molar-refractivity contribution >= 4 is 33.1 Å². The monoisotopic (exact) mass is 697 g/mol. The second-order valence-corrected chi connectivity index (χ2v) is 12.3. The molecule has 0 saturated carbocycles. The summed E-state index contributed by atoms with van der Waals surface area (Å²) in [4.78, 5) is 38.9. The summed E-state index contributed by atoms with van der Waals surface area (Å²) in [5.41, 5.74) is 2.01. The molecule has 10 nitrogen and oxygen atoms in total. The number of pyridine rings is 3. The van der Waals surface area contributed by atoms with Gasteiger partial charge < -0.3 is 19.5 Å². The van der Waals surface area contributed by atoms with Crippen molar-refractivity contribution in [3.05, 3.63) is 125 Å². The number of benzene rings is 2. The van der Waals surface area contributed by atoms with Crippen LogP contribution in [0.3, 0.4) is 0 Å². The normalized spacial score (nSPS) is 11.2. The van der Waals surface area contributed by atoms with E-state index in [0.29, 0.717) is 23.6 Å². The summed E-state index contributed by atoms with van der Waals surface area (Å²) in [6, 6.07) is 18.2. The smallest absolute Gasteiger partial charge is 0.271 e. The molecule has 13 heteroatoms. The highest BCUT2D eigenvalue weighted by Gasteiger charge is 2.21. The van der Waals surface area contributed by atoms with Crippen LogP contribution >= 0.6 is 11.3 Å². The first-order valence-electron chi connectivity index (χ1n) is 15.7. The van der Waals surface area contributed by atoms with Crippen LogP contribution in [0, 0.1) is 11.6 Å². The Morgan fingerprint density at radius 1 is 0.980 bits per heavy atom. The average molecular weight is 698 g/mol. The van der Waals surface area contributed by atoms with Gasteiger partial charge in [-0.25, -0.2) is 8.78 Å². The van der Waals surface area contributed by atoms with Crippen LogP contribution in [0.15, 0.2) is 96.2 Å². The van der Waals surface area contributed by atoms with Gasteiger partial charge in [-0.15, -0.1) is 11.3 Å². The van der Waals surface area contributed by atoms with Crippen LogP contribution in [0.25, 0.3) is 26.5 Å². The van der Waals surface area contributed by atoms with Crippen molar-refractivity contribution in [3.8, 4) is 33.5 Å². The highest BCUT2D eigenvalue weighted by Crippen LogP contribution is 2.39. The number of thiophene rings is 1. The van der Waals surface area contributed by atoms with Crippen molar-refractivity contribution in [3.63, 3.8) is 0 Å². The van der Waals surface area contributed by atoms with E-state index in [9.17, 15) is 14.0 Å². The summed E-state index contributed by atoms with van der Waals surface area (Å²) in [5, 5.41) is 2.58. The van der Waals surface area contributed by atoms with Crippen LogP contribution in [0.2, 0.25) is 0 Å².